The Labute approximate surface area is 93.3 Å². The van der Waals surface area contributed by atoms with E-state index < -0.39 is 0 Å². The summed E-state index contributed by atoms with van der Waals surface area (Å²) in [7, 11) is 0. The minimum atomic E-state index is 0.771. The zero-order chi connectivity index (χ0) is 10.7. The van der Waals surface area contributed by atoms with Gasteiger partial charge in [0.2, 0.25) is 0 Å². The van der Waals surface area contributed by atoms with E-state index in [0.717, 1.165) is 50.1 Å². The van der Waals surface area contributed by atoms with E-state index in [0.29, 0.717) is 0 Å². The molecule has 2 fully saturated rings. The molecule has 2 nitrogen and oxygen atoms in total. The summed E-state index contributed by atoms with van der Waals surface area (Å²) in [4.78, 5) is 0. The van der Waals surface area contributed by atoms with Crippen LogP contribution in [0.4, 0.5) is 0 Å². The van der Waals surface area contributed by atoms with E-state index in [9.17, 15) is 0 Å². The number of hydrogen-bond acceptors (Lipinski definition) is 2. The lowest BCUT2D eigenvalue weighted by Crippen LogP contribution is -2.33. The quantitative estimate of drug-likeness (QED) is 0.700. The predicted molar refractivity (Wildman–Crippen MR) is 60.8 cm³/mol. The monoisotopic (exact) mass is 212 g/mol. The Kier molecular flexibility index (Phi) is 4.04. The Balaban J connectivity index is 1.83. The average Bonchev–Trinajstić information content (AvgIpc) is 2.24. The Morgan fingerprint density at radius 2 is 1.33 bits per heavy atom. The number of ether oxygens (including phenoxy) is 2. The summed E-state index contributed by atoms with van der Waals surface area (Å²) >= 11 is 0. The van der Waals surface area contributed by atoms with E-state index in [1.807, 2.05) is 0 Å². The maximum absolute atomic E-state index is 5.59. The van der Waals surface area contributed by atoms with Crippen molar-refractivity contribution in [3.63, 3.8) is 0 Å². The van der Waals surface area contributed by atoms with Gasteiger partial charge in [0.15, 0.2) is 0 Å². The van der Waals surface area contributed by atoms with Crippen LogP contribution in [0.2, 0.25) is 0 Å². The van der Waals surface area contributed by atoms with Crippen LogP contribution in [0.25, 0.3) is 0 Å². The predicted octanol–water partition coefficient (Wildman–Crippen LogP) is 2.72. The van der Waals surface area contributed by atoms with E-state index in [-0.39, 0.29) is 0 Å². The molecule has 0 spiro atoms. The zero-order valence-electron chi connectivity index (χ0n) is 10.1. The minimum absolute atomic E-state index is 0.771. The van der Waals surface area contributed by atoms with Crippen LogP contribution in [0.5, 0.6) is 0 Å². The van der Waals surface area contributed by atoms with Crippen LogP contribution < -0.4 is 0 Å². The molecule has 0 aromatic rings. The van der Waals surface area contributed by atoms with E-state index in [2.05, 4.69) is 13.8 Å². The van der Waals surface area contributed by atoms with Gasteiger partial charge in [-0.2, -0.15) is 0 Å². The normalized spacial score (nSPS) is 42.8. The van der Waals surface area contributed by atoms with Crippen molar-refractivity contribution in [3.05, 3.63) is 0 Å². The molecule has 2 saturated heterocycles. The molecule has 2 aliphatic rings. The molecule has 4 atom stereocenters. The molecule has 4 unspecified atom stereocenters. The third kappa shape index (κ3) is 2.94. The highest BCUT2D eigenvalue weighted by Gasteiger charge is 2.29. The third-order valence-corrected chi connectivity index (χ3v) is 4.31. The summed E-state index contributed by atoms with van der Waals surface area (Å²) in [6.45, 7) is 8.64. The highest BCUT2D eigenvalue weighted by molar-refractivity contribution is 4.78. The van der Waals surface area contributed by atoms with Crippen LogP contribution in [0.1, 0.15) is 33.1 Å². The van der Waals surface area contributed by atoms with Crippen LogP contribution >= 0.6 is 0 Å². The van der Waals surface area contributed by atoms with E-state index >= 15 is 0 Å². The summed E-state index contributed by atoms with van der Waals surface area (Å²) in [5.41, 5.74) is 0. The van der Waals surface area contributed by atoms with Crippen LogP contribution in [-0.2, 0) is 9.47 Å². The van der Waals surface area contributed by atoms with Gasteiger partial charge in [-0.05, 0) is 42.9 Å². The van der Waals surface area contributed by atoms with Crippen LogP contribution in [-0.4, -0.2) is 26.4 Å². The summed E-state index contributed by atoms with van der Waals surface area (Å²) in [6.07, 6.45) is 3.79. The molecule has 2 aliphatic heterocycles. The first-order valence-electron chi connectivity index (χ1n) is 6.43. The summed E-state index contributed by atoms with van der Waals surface area (Å²) in [5, 5.41) is 0. The first-order chi connectivity index (χ1) is 7.27. The molecular formula is C13H24O2. The van der Waals surface area contributed by atoms with Gasteiger partial charge in [-0.3, -0.25) is 0 Å². The Bertz CT molecular complexity index is 173. The van der Waals surface area contributed by atoms with Crippen molar-refractivity contribution in [3.8, 4) is 0 Å². The highest BCUT2D eigenvalue weighted by atomic mass is 16.5. The highest BCUT2D eigenvalue weighted by Crippen LogP contribution is 2.33. The van der Waals surface area contributed by atoms with Gasteiger partial charge in [-0.15, -0.1) is 0 Å². The average molecular weight is 212 g/mol. The maximum Gasteiger partial charge on any atom is 0.0496 e. The fourth-order valence-electron chi connectivity index (χ4n) is 2.80. The summed E-state index contributed by atoms with van der Waals surface area (Å²) < 4.78 is 11.2. The van der Waals surface area contributed by atoms with Crippen molar-refractivity contribution in [2.45, 2.75) is 33.1 Å². The SMILES string of the molecule is CC1CCOCC1CC1COCCC1C. The molecule has 2 rings (SSSR count). The molecular weight excluding hydrogens is 188 g/mol. The largest absolute Gasteiger partial charge is 0.381 e. The summed E-state index contributed by atoms with van der Waals surface area (Å²) in [6, 6.07) is 0. The maximum atomic E-state index is 5.59. The molecule has 0 radical (unpaired) electrons. The van der Waals surface area contributed by atoms with Crippen LogP contribution in [0.15, 0.2) is 0 Å². The van der Waals surface area contributed by atoms with Gasteiger partial charge < -0.3 is 9.47 Å². The second-order valence-electron chi connectivity index (χ2n) is 5.44. The van der Waals surface area contributed by atoms with E-state index in [1.165, 1.54) is 19.3 Å². The minimum Gasteiger partial charge on any atom is -0.381 e. The second kappa shape index (κ2) is 5.31. The lowest BCUT2D eigenvalue weighted by atomic mass is 9.78. The van der Waals surface area contributed by atoms with Crippen molar-refractivity contribution >= 4 is 0 Å². The number of rotatable bonds is 2. The first-order valence-corrected chi connectivity index (χ1v) is 6.43. The molecule has 0 N–H and O–H groups in total. The van der Waals surface area contributed by atoms with Crippen LogP contribution in [0.3, 0.4) is 0 Å². The zero-order valence-corrected chi connectivity index (χ0v) is 10.1. The topological polar surface area (TPSA) is 18.5 Å². The second-order valence-corrected chi connectivity index (χ2v) is 5.44. The van der Waals surface area contributed by atoms with Gasteiger partial charge in [0.1, 0.15) is 0 Å². The van der Waals surface area contributed by atoms with Gasteiger partial charge >= 0.3 is 0 Å². The van der Waals surface area contributed by atoms with Gasteiger partial charge in [0.25, 0.3) is 0 Å². The fraction of sp³-hybridized carbons (Fsp3) is 1.00. The van der Waals surface area contributed by atoms with E-state index in [1.54, 1.807) is 0 Å². The Hall–Kier alpha value is -0.0800. The third-order valence-electron chi connectivity index (χ3n) is 4.31. The lowest BCUT2D eigenvalue weighted by Gasteiger charge is -2.35. The molecule has 15 heavy (non-hydrogen) atoms. The van der Waals surface area contributed by atoms with Gasteiger partial charge in [0.05, 0.1) is 0 Å². The molecule has 0 amide bonds. The van der Waals surface area contributed by atoms with Crippen molar-refractivity contribution in [1.82, 2.24) is 0 Å². The van der Waals surface area contributed by atoms with Crippen molar-refractivity contribution in [2.75, 3.05) is 26.4 Å². The Morgan fingerprint density at radius 1 is 0.867 bits per heavy atom. The number of hydrogen-bond donors (Lipinski definition) is 0. The standard InChI is InChI=1S/C13H24O2/c1-10-3-5-14-8-12(10)7-13-9-15-6-4-11(13)2/h10-13H,3-9H2,1-2H3. The molecule has 0 bridgehead atoms. The molecule has 2 heteroatoms. The Morgan fingerprint density at radius 3 is 1.73 bits per heavy atom. The summed E-state index contributed by atoms with van der Waals surface area (Å²) in [5.74, 6) is 3.22. The van der Waals surface area contributed by atoms with Crippen LogP contribution in [0, 0.1) is 23.7 Å². The molecule has 0 aliphatic carbocycles. The van der Waals surface area contributed by atoms with Crippen molar-refractivity contribution < 1.29 is 9.47 Å². The lowest BCUT2D eigenvalue weighted by molar-refractivity contribution is -0.0246. The van der Waals surface area contributed by atoms with Gasteiger partial charge in [0, 0.05) is 26.4 Å². The van der Waals surface area contributed by atoms with E-state index in [4.69, 9.17) is 9.47 Å². The smallest absolute Gasteiger partial charge is 0.0496 e. The van der Waals surface area contributed by atoms with Crippen molar-refractivity contribution in [1.29, 1.82) is 0 Å². The van der Waals surface area contributed by atoms with Gasteiger partial charge in [-0.25, -0.2) is 0 Å². The molecule has 0 aromatic carbocycles. The molecule has 0 saturated carbocycles. The molecule has 0 aromatic heterocycles. The molecule has 88 valence electrons. The first kappa shape index (κ1) is 11.4. The van der Waals surface area contributed by atoms with Crippen molar-refractivity contribution in [2.24, 2.45) is 23.7 Å². The van der Waals surface area contributed by atoms with Gasteiger partial charge in [-0.1, -0.05) is 13.8 Å². The molecule has 2 heterocycles. The fourth-order valence-corrected chi connectivity index (χ4v) is 2.80.